The number of carbonyl (C=O) groups excluding carboxylic acids is 1. The molecule has 1 rings (SSSR count). The number of para-hydroxylation sites is 1. The van der Waals surface area contributed by atoms with Crippen LogP contribution in [0.15, 0.2) is 24.3 Å². The van der Waals surface area contributed by atoms with E-state index in [2.05, 4.69) is 12.2 Å². The molecule has 1 atom stereocenters. The van der Waals surface area contributed by atoms with Crippen LogP contribution in [0.3, 0.4) is 0 Å². The summed E-state index contributed by atoms with van der Waals surface area (Å²) >= 11 is 0. The molecule has 1 unspecified atom stereocenters. The first-order valence-electron chi connectivity index (χ1n) is 6.64. The third-order valence-corrected chi connectivity index (χ3v) is 3.15. The van der Waals surface area contributed by atoms with Gasteiger partial charge in [-0.1, -0.05) is 25.1 Å². The molecule has 0 aliphatic heterocycles. The Morgan fingerprint density at radius 1 is 1.32 bits per heavy atom. The van der Waals surface area contributed by atoms with Gasteiger partial charge in [0.15, 0.2) is 0 Å². The van der Waals surface area contributed by atoms with E-state index < -0.39 is 5.54 Å². The molecular weight excluding hydrogens is 242 g/mol. The molecule has 0 aliphatic rings. The molecule has 0 heterocycles. The number of ether oxygens (including phenoxy) is 2. The maximum absolute atomic E-state index is 11.9. The van der Waals surface area contributed by atoms with Crippen LogP contribution in [0.4, 0.5) is 0 Å². The molecule has 0 aliphatic carbocycles. The summed E-state index contributed by atoms with van der Waals surface area (Å²) in [5.41, 5.74) is 0.293. The van der Waals surface area contributed by atoms with Crippen molar-refractivity contribution in [2.45, 2.75) is 32.7 Å². The fourth-order valence-corrected chi connectivity index (χ4v) is 1.68. The maximum Gasteiger partial charge on any atom is 0.329 e. The molecule has 4 heteroatoms. The van der Waals surface area contributed by atoms with E-state index >= 15 is 0 Å². The van der Waals surface area contributed by atoms with Crippen molar-refractivity contribution in [1.82, 2.24) is 5.32 Å². The molecule has 4 nitrogen and oxygen atoms in total. The van der Waals surface area contributed by atoms with Crippen molar-refractivity contribution in [3.8, 4) is 5.75 Å². The summed E-state index contributed by atoms with van der Waals surface area (Å²) in [5, 5.41) is 2.97. The molecule has 0 aromatic heterocycles. The SMILES string of the molecule is CCOC(=O)C(C)(COc1ccccc1CC)NC. The van der Waals surface area contributed by atoms with Gasteiger partial charge in [0.05, 0.1) is 6.61 Å². The number of nitrogens with one attached hydrogen (secondary N) is 1. The second-order valence-corrected chi connectivity index (χ2v) is 4.55. The van der Waals surface area contributed by atoms with E-state index in [4.69, 9.17) is 9.47 Å². The normalized spacial score (nSPS) is 13.7. The number of hydrogen-bond acceptors (Lipinski definition) is 4. The summed E-state index contributed by atoms with van der Waals surface area (Å²) in [7, 11) is 1.73. The van der Waals surface area contributed by atoms with E-state index in [0.717, 1.165) is 17.7 Å². The van der Waals surface area contributed by atoms with Gasteiger partial charge in [-0.15, -0.1) is 0 Å². The number of likely N-dealkylation sites (N-methyl/N-ethyl adjacent to an activating group) is 1. The monoisotopic (exact) mass is 265 g/mol. The summed E-state index contributed by atoms with van der Waals surface area (Å²) in [6.45, 7) is 6.24. The molecule has 1 aromatic carbocycles. The van der Waals surface area contributed by atoms with Crippen molar-refractivity contribution < 1.29 is 14.3 Å². The van der Waals surface area contributed by atoms with Crippen molar-refractivity contribution in [3.63, 3.8) is 0 Å². The lowest BCUT2D eigenvalue weighted by Gasteiger charge is -2.27. The van der Waals surface area contributed by atoms with Gasteiger partial charge in [-0.2, -0.15) is 0 Å². The van der Waals surface area contributed by atoms with Crippen LogP contribution in [0, 0.1) is 0 Å². The summed E-state index contributed by atoms with van der Waals surface area (Å²) in [5.74, 6) is 0.516. The second-order valence-electron chi connectivity index (χ2n) is 4.55. The smallest absolute Gasteiger partial charge is 0.329 e. The zero-order valence-corrected chi connectivity index (χ0v) is 12.2. The Hall–Kier alpha value is -1.55. The molecule has 0 saturated carbocycles. The minimum atomic E-state index is -0.836. The van der Waals surface area contributed by atoms with Crippen molar-refractivity contribution in [2.24, 2.45) is 0 Å². The quantitative estimate of drug-likeness (QED) is 0.768. The standard InChI is InChI=1S/C15H23NO3/c1-5-12-9-7-8-10-13(12)19-11-15(3,16-4)14(17)18-6-2/h7-10,16H,5-6,11H2,1-4H3. The molecule has 0 radical (unpaired) electrons. The van der Waals surface area contributed by atoms with Crippen molar-refractivity contribution >= 4 is 5.97 Å². The lowest BCUT2D eigenvalue weighted by Crippen LogP contribution is -2.53. The van der Waals surface area contributed by atoms with Gasteiger partial charge in [-0.25, -0.2) is 4.79 Å². The number of benzene rings is 1. The lowest BCUT2D eigenvalue weighted by molar-refractivity contribution is -0.151. The molecule has 0 bridgehead atoms. The van der Waals surface area contributed by atoms with Crippen LogP contribution < -0.4 is 10.1 Å². The second kappa shape index (κ2) is 7.14. The van der Waals surface area contributed by atoms with E-state index in [1.54, 1.807) is 20.9 Å². The summed E-state index contributed by atoms with van der Waals surface area (Å²) in [4.78, 5) is 11.9. The lowest BCUT2D eigenvalue weighted by atomic mass is 10.0. The summed E-state index contributed by atoms with van der Waals surface area (Å²) in [6.07, 6.45) is 0.895. The zero-order chi connectivity index (χ0) is 14.3. The first-order valence-corrected chi connectivity index (χ1v) is 6.64. The van der Waals surface area contributed by atoms with Crippen molar-refractivity contribution in [3.05, 3.63) is 29.8 Å². The van der Waals surface area contributed by atoms with Crippen LogP contribution >= 0.6 is 0 Å². The summed E-state index contributed by atoms with van der Waals surface area (Å²) < 4.78 is 10.8. The molecular formula is C15H23NO3. The third-order valence-electron chi connectivity index (χ3n) is 3.15. The molecule has 106 valence electrons. The fourth-order valence-electron chi connectivity index (χ4n) is 1.68. The Bertz CT molecular complexity index is 420. The van der Waals surface area contributed by atoms with E-state index in [1.807, 2.05) is 24.3 Å². The molecule has 0 fully saturated rings. The Balaban J connectivity index is 2.74. The fraction of sp³-hybridized carbons (Fsp3) is 0.533. The van der Waals surface area contributed by atoms with Gasteiger partial charge in [-0.3, -0.25) is 0 Å². The third kappa shape index (κ3) is 3.96. The number of hydrogen-bond donors (Lipinski definition) is 1. The number of carbonyl (C=O) groups is 1. The van der Waals surface area contributed by atoms with Gasteiger partial charge in [0.2, 0.25) is 0 Å². The molecule has 0 saturated heterocycles. The minimum Gasteiger partial charge on any atom is -0.491 e. The van der Waals surface area contributed by atoms with Gasteiger partial charge < -0.3 is 14.8 Å². The first kappa shape index (κ1) is 15.5. The van der Waals surface area contributed by atoms with Gasteiger partial charge >= 0.3 is 5.97 Å². The van der Waals surface area contributed by atoms with Crippen molar-refractivity contribution in [2.75, 3.05) is 20.3 Å². The molecule has 0 amide bonds. The Kier molecular flexibility index (Phi) is 5.83. The Labute approximate surface area is 115 Å². The number of esters is 1. The first-order chi connectivity index (χ1) is 9.07. The highest BCUT2D eigenvalue weighted by molar-refractivity contribution is 5.80. The summed E-state index contributed by atoms with van der Waals surface area (Å²) in [6, 6.07) is 7.85. The van der Waals surface area contributed by atoms with Gasteiger partial charge in [-0.05, 0) is 38.9 Å². The molecule has 1 aromatic rings. The van der Waals surface area contributed by atoms with Crippen LogP contribution in [0.2, 0.25) is 0 Å². The predicted molar refractivity (Wildman–Crippen MR) is 75.4 cm³/mol. The van der Waals surface area contributed by atoms with E-state index in [-0.39, 0.29) is 12.6 Å². The highest BCUT2D eigenvalue weighted by Crippen LogP contribution is 2.20. The van der Waals surface area contributed by atoms with E-state index in [1.165, 1.54) is 0 Å². The van der Waals surface area contributed by atoms with E-state index in [9.17, 15) is 4.79 Å². The average molecular weight is 265 g/mol. The Morgan fingerprint density at radius 3 is 2.58 bits per heavy atom. The highest BCUT2D eigenvalue weighted by atomic mass is 16.5. The van der Waals surface area contributed by atoms with Crippen molar-refractivity contribution in [1.29, 1.82) is 0 Å². The number of rotatable bonds is 7. The Morgan fingerprint density at radius 2 is 2.00 bits per heavy atom. The van der Waals surface area contributed by atoms with Crippen LogP contribution in [0.25, 0.3) is 0 Å². The molecule has 19 heavy (non-hydrogen) atoms. The maximum atomic E-state index is 11.9. The van der Waals surface area contributed by atoms with Gasteiger partial charge in [0, 0.05) is 0 Å². The van der Waals surface area contributed by atoms with Crippen LogP contribution in [-0.4, -0.2) is 31.8 Å². The topological polar surface area (TPSA) is 47.6 Å². The predicted octanol–water partition coefficient (Wildman–Crippen LogP) is 2.17. The largest absolute Gasteiger partial charge is 0.491 e. The highest BCUT2D eigenvalue weighted by Gasteiger charge is 2.34. The molecule has 0 spiro atoms. The molecule has 1 N–H and O–H groups in total. The van der Waals surface area contributed by atoms with Gasteiger partial charge in [0.1, 0.15) is 17.9 Å². The average Bonchev–Trinajstić information content (AvgIpc) is 2.45. The van der Waals surface area contributed by atoms with Crippen LogP contribution in [-0.2, 0) is 16.0 Å². The number of aryl methyl sites for hydroxylation is 1. The van der Waals surface area contributed by atoms with E-state index in [0.29, 0.717) is 6.61 Å². The van der Waals surface area contributed by atoms with Crippen LogP contribution in [0.5, 0.6) is 5.75 Å². The zero-order valence-electron chi connectivity index (χ0n) is 12.2. The van der Waals surface area contributed by atoms with Crippen LogP contribution in [0.1, 0.15) is 26.3 Å². The minimum absolute atomic E-state index is 0.235. The van der Waals surface area contributed by atoms with Gasteiger partial charge in [0.25, 0.3) is 0 Å².